The number of nitrogens with one attached hydrogen (secondary N) is 1. The minimum Gasteiger partial charge on any atom is -0.492 e. The fourth-order valence-electron chi connectivity index (χ4n) is 1.73. The van der Waals surface area contributed by atoms with E-state index in [1.54, 1.807) is 30.3 Å². The van der Waals surface area contributed by atoms with E-state index in [-0.39, 0.29) is 11.3 Å². The van der Waals surface area contributed by atoms with Gasteiger partial charge in [0, 0.05) is 0 Å². The van der Waals surface area contributed by atoms with Gasteiger partial charge in [0.15, 0.2) is 11.6 Å². The first-order chi connectivity index (χ1) is 9.67. The van der Waals surface area contributed by atoms with Crippen molar-refractivity contribution in [2.45, 2.75) is 6.92 Å². The van der Waals surface area contributed by atoms with Gasteiger partial charge in [-0.05, 0) is 31.2 Å². The molecule has 1 N–H and O–H groups in total. The number of nitrogens with zero attached hydrogens (tertiary/aromatic N) is 1. The molecular weight excluding hydrogens is 262 g/mol. The molecule has 0 atom stereocenters. The highest BCUT2D eigenvalue weighted by atomic mass is 19.2. The van der Waals surface area contributed by atoms with Crippen LogP contribution < -0.4 is 10.1 Å². The first-order valence-electron chi connectivity index (χ1n) is 6.04. The number of rotatable bonds is 4. The Kier molecular flexibility index (Phi) is 4.16. The molecule has 0 amide bonds. The van der Waals surface area contributed by atoms with Crippen molar-refractivity contribution in [1.29, 1.82) is 5.26 Å². The van der Waals surface area contributed by atoms with Crippen LogP contribution in [0.4, 0.5) is 20.2 Å². The van der Waals surface area contributed by atoms with Gasteiger partial charge in [-0.2, -0.15) is 5.26 Å². The summed E-state index contributed by atoms with van der Waals surface area (Å²) < 4.78 is 32.8. The zero-order valence-electron chi connectivity index (χ0n) is 10.8. The third-order valence-corrected chi connectivity index (χ3v) is 2.66. The van der Waals surface area contributed by atoms with Crippen molar-refractivity contribution in [3.63, 3.8) is 0 Å². The fraction of sp³-hybridized carbons (Fsp3) is 0.133. The molecule has 102 valence electrons. The Morgan fingerprint density at radius 2 is 1.85 bits per heavy atom. The number of nitriles is 1. The quantitative estimate of drug-likeness (QED) is 0.917. The van der Waals surface area contributed by atoms with E-state index < -0.39 is 11.6 Å². The summed E-state index contributed by atoms with van der Waals surface area (Å²) in [4.78, 5) is 0. The van der Waals surface area contributed by atoms with E-state index in [1.165, 1.54) is 12.1 Å². The molecule has 3 nitrogen and oxygen atoms in total. The Bertz CT molecular complexity index is 665. The van der Waals surface area contributed by atoms with Crippen LogP contribution in [0, 0.1) is 23.0 Å². The lowest BCUT2D eigenvalue weighted by molar-refractivity contribution is 0.342. The van der Waals surface area contributed by atoms with E-state index >= 15 is 0 Å². The summed E-state index contributed by atoms with van der Waals surface area (Å²) in [5.41, 5.74) is 0.150. The Balaban J connectivity index is 2.36. The van der Waals surface area contributed by atoms with Crippen LogP contribution in [0.25, 0.3) is 0 Å². The first-order valence-corrected chi connectivity index (χ1v) is 6.04. The molecule has 2 aromatic carbocycles. The van der Waals surface area contributed by atoms with Gasteiger partial charge < -0.3 is 10.1 Å². The highest BCUT2D eigenvalue weighted by Crippen LogP contribution is 2.29. The zero-order chi connectivity index (χ0) is 14.5. The molecule has 0 heterocycles. The molecule has 0 saturated heterocycles. The Labute approximate surface area is 115 Å². The van der Waals surface area contributed by atoms with E-state index in [0.29, 0.717) is 18.0 Å². The van der Waals surface area contributed by atoms with Crippen molar-refractivity contribution >= 4 is 11.4 Å². The molecule has 2 rings (SSSR count). The van der Waals surface area contributed by atoms with Crippen molar-refractivity contribution in [2.24, 2.45) is 0 Å². The predicted molar refractivity (Wildman–Crippen MR) is 72.0 cm³/mol. The number of anilines is 2. The highest BCUT2D eigenvalue weighted by molar-refractivity contribution is 5.67. The van der Waals surface area contributed by atoms with Gasteiger partial charge in [0.05, 0.1) is 23.5 Å². The molecule has 2 aromatic rings. The van der Waals surface area contributed by atoms with Crippen LogP contribution in [0.15, 0.2) is 36.4 Å². The van der Waals surface area contributed by atoms with E-state index in [9.17, 15) is 8.78 Å². The number of halogens is 2. The second kappa shape index (κ2) is 6.02. The smallest absolute Gasteiger partial charge is 0.183 e. The monoisotopic (exact) mass is 274 g/mol. The summed E-state index contributed by atoms with van der Waals surface area (Å²) in [5, 5.41) is 11.4. The minimum atomic E-state index is -1.16. The third-order valence-electron chi connectivity index (χ3n) is 2.66. The molecule has 0 aliphatic rings. The van der Waals surface area contributed by atoms with E-state index in [0.717, 1.165) is 0 Å². The maximum absolute atomic E-state index is 13.8. The van der Waals surface area contributed by atoms with Gasteiger partial charge in [0.1, 0.15) is 11.8 Å². The van der Waals surface area contributed by atoms with Crippen molar-refractivity contribution < 1.29 is 13.5 Å². The predicted octanol–water partition coefficient (Wildman–Crippen LogP) is 3.98. The van der Waals surface area contributed by atoms with Crippen molar-refractivity contribution in [2.75, 3.05) is 11.9 Å². The second-order valence-electron chi connectivity index (χ2n) is 3.95. The summed E-state index contributed by atoms with van der Waals surface area (Å²) in [7, 11) is 0. The highest BCUT2D eigenvalue weighted by Gasteiger charge is 2.14. The second-order valence-corrected chi connectivity index (χ2v) is 3.95. The SMILES string of the molecule is CCOc1ccccc1Nc1ccc(C#N)c(F)c1F. The Morgan fingerprint density at radius 3 is 2.55 bits per heavy atom. The van der Waals surface area contributed by atoms with E-state index in [4.69, 9.17) is 10.00 Å². The lowest BCUT2D eigenvalue weighted by atomic mass is 10.2. The van der Waals surface area contributed by atoms with Gasteiger partial charge >= 0.3 is 0 Å². The number of para-hydroxylation sites is 2. The lowest BCUT2D eigenvalue weighted by Gasteiger charge is -2.13. The molecule has 20 heavy (non-hydrogen) atoms. The molecule has 0 aliphatic carbocycles. The molecule has 0 saturated carbocycles. The molecule has 0 aromatic heterocycles. The number of benzene rings is 2. The normalized spacial score (nSPS) is 9.90. The average Bonchev–Trinajstić information content (AvgIpc) is 2.46. The molecule has 0 spiro atoms. The van der Waals surface area contributed by atoms with Gasteiger partial charge in [-0.15, -0.1) is 0 Å². The number of hydrogen-bond donors (Lipinski definition) is 1. The summed E-state index contributed by atoms with van der Waals surface area (Å²) in [6.07, 6.45) is 0. The van der Waals surface area contributed by atoms with Gasteiger partial charge in [0.25, 0.3) is 0 Å². The van der Waals surface area contributed by atoms with Crippen LogP contribution >= 0.6 is 0 Å². The summed E-state index contributed by atoms with van der Waals surface area (Å²) in [5.74, 6) is -1.71. The summed E-state index contributed by atoms with van der Waals surface area (Å²) in [6, 6.07) is 11.1. The van der Waals surface area contributed by atoms with Crippen molar-refractivity contribution in [3.05, 3.63) is 53.6 Å². The Morgan fingerprint density at radius 1 is 1.10 bits per heavy atom. The van der Waals surface area contributed by atoms with Crippen molar-refractivity contribution in [3.8, 4) is 11.8 Å². The molecule has 0 fully saturated rings. The molecule has 0 unspecified atom stereocenters. The summed E-state index contributed by atoms with van der Waals surface area (Å²) >= 11 is 0. The molecule has 0 aliphatic heterocycles. The van der Waals surface area contributed by atoms with Gasteiger partial charge in [-0.3, -0.25) is 0 Å². The van der Waals surface area contributed by atoms with Crippen LogP contribution in [0.3, 0.4) is 0 Å². The Hall–Kier alpha value is -2.61. The minimum absolute atomic E-state index is 0.0475. The largest absolute Gasteiger partial charge is 0.492 e. The van der Waals surface area contributed by atoms with Crippen LogP contribution in [0.2, 0.25) is 0 Å². The third kappa shape index (κ3) is 2.69. The van der Waals surface area contributed by atoms with Gasteiger partial charge in [0.2, 0.25) is 0 Å². The molecule has 5 heteroatoms. The van der Waals surface area contributed by atoms with Crippen LogP contribution in [0.1, 0.15) is 12.5 Å². The zero-order valence-corrected chi connectivity index (χ0v) is 10.8. The first kappa shape index (κ1) is 13.8. The van der Waals surface area contributed by atoms with Gasteiger partial charge in [-0.25, -0.2) is 8.78 Å². The standard InChI is InChI=1S/C15H12F2N2O/c1-2-20-13-6-4-3-5-11(13)19-12-8-7-10(9-18)14(16)15(12)17/h3-8,19H,2H2,1H3. The summed E-state index contributed by atoms with van der Waals surface area (Å²) in [6.45, 7) is 2.29. The average molecular weight is 274 g/mol. The number of ether oxygens (including phenoxy) is 1. The van der Waals surface area contributed by atoms with Gasteiger partial charge in [-0.1, -0.05) is 12.1 Å². The van der Waals surface area contributed by atoms with E-state index in [2.05, 4.69) is 5.32 Å². The van der Waals surface area contributed by atoms with E-state index in [1.807, 2.05) is 6.92 Å². The maximum Gasteiger partial charge on any atom is 0.183 e. The number of hydrogen-bond acceptors (Lipinski definition) is 3. The molecule has 0 bridgehead atoms. The lowest BCUT2D eigenvalue weighted by Crippen LogP contribution is -2.01. The van der Waals surface area contributed by atoms with Crippen LogP contribution in [0.5, 0.6) is 5.75 Å². The van der Waals surface area contributed by atoms with Crippen LogP contribution in [-0.4, -0.2) is 6.61 Å². The molecule has 0 radical (unpaired) electrons. The van der Waals surface area contributed by atoms with Crippen molar-refractivity contribution in [1.82, 2.24) is 0 Å². The van der Waals surface area contributed by atoms with Crippen LogP contribution in [-0.2, 0) is 0 Å². The molecular formula is C15H12F2N2O. The topological polar surface area (TPSA) is 45.0 Å². The fourth-order valence-corrected chi connectivity index (χ4v) is 1.73. The maximum atomic E-state index is 13.8.